The van der Waals surface area contributed by atoms with Crippen LogP contribution in [-0.2, 0) is 10.0 Å². The smallest absolute Gasteiger partial charge is 0.248 e. The fraction of sp³-hybridized carbons (Fsp3) is 0.667. The predicted octanol–water partition coefficient (Wildman–Crippen LogP) is -0.682. The summed E-state index contributed by atoms with van der Waals surface area (Å²) in [6.45, 7) is 2.66. The minimum absolute atomic E-state index is 0.0713. The summed E-state index contributed by atoms with van der Waals surface area (Å²) in [5, 5.41) is 6.10. The minimum atomic E-state index is -3.51. The number of hydrogen-bond acceptors (Lipinski definition) is 5. The highest BCUT2D eigenvalue weighted by molar-refractivity contribution is 7.89. The van der Waals surface area contributed by atoms with Crippen molar-refractivity contribution in [2.75, 3.05) is 39.0 Å². The molecule has 0 saturated carbocycles. The summed E-state index contributed by atoms with van der Waals surface area (Å²) in [4.78, 5) is 2.19. The monoisotopic (exact) mass is 259 g/mol. The molecule has 2 heterocycles. The van der Waals surface area contributed by atoms with Gasteiger partial charge in [0.1, 0.15) is 10.7 Å². The van der Waals surface area contributed by atoms with E-state index in [0.717, 1.165) is 19.5 Å². The molecular weight excluding hydrogens is 242 g/mol. The van der Waals surface area contributed by atoms with Crippen LogP contribution < -0.4 is 5.73 Å². The van der Waals surface area contributed by atoms with Crippen LogP contribution in [0.5, 0.6) is 0 Å². The third-order valence-corrected chi connectivity index (χ3v) is 4.85. The SMILES string of the molecule is CN1CCCN(S(=O)(=O)c2cn[nH]c2N)CC1. The van der Waals surface area contributed by atoms with Crippen LogP contribution >= 0.6 is 0 Å². The molecule has 1 fully saturated rings. The molecule has 0 amide bonds. The maximum atomic E-state index is 12.3. The Morgan fingerprint density at radius 2 is 2.12 bits per heavy atom. The van der Waals surface area contributed by atoms with Gasteiger partial charge in [0.05, 0.1) is 6.20 Å². The number of aromatic amines is 1. The number of hydrogen-bond donors (Lipinski definition) is 2. The van der Waals surface area contributed by atoms with Crippen LogP contribution in [0.15, 0.2) is 11.1 Å². The molecule has 2 rings (SSSR count). The largest absolute Gasteiger partial charge is 0.383 e. The Balaban J connectivity index is 2.24. The van der Waals surface area contributed by atoms with E-state index in [-0.39, 0.29) is 10.7 Å². The van der Waals surface area contributed by atoms with Crippen molar-refractivity contribution in [2.45, 2.75) is 11.3 Å². The molecule has 0 aliphatic carbocycles. The molecule has 0 spiro atoms. The third-order valence-electron chi connectivity index (χ3n) is 2.93. The second-order valence-electron chi connectivity index (χ2n) is 4.21. The van der Waals surface area contributed by atoms with Gasteiger partial charge in [0.15, 0.2) is 0 Å². The van der Waals surface area contributed by atoms with Gasteiger partial charge in [0.2, 0.25) is 10.0 Å². The summed E-state index contributed by atoms with van der Waals surface area (Å²) in [7, 11) is -1.52. The third kappa shape index (κ3) is 2.43. The number of rotatable bonds is 2. The van der Waals surface area contributed by atoms with Gasteiger partial charge in [0.25, 0.3) is 0 Å². The second kappa shape index (κ2) is 4.63. The van der Waals surface area contributed by atoms with E-state index >= 15 is 0 Å². The van der Waals surface area contributed by atoms with E-state index in [1.165, 1.54) is 10.5 Å². The maximum absolute atomic E-state index is 12.3. The first-order valence-corrected chi connectivity index (χ1v) is 6.93. The van der Waals surface area contributed by atoms with Crippen molar-refractivity contribution in [3.63, 3.8) is 0 Å². The summed E-state index contributed by atoms with van der Waals surface area (Å²) in [6, 6.07) is 0. The van der Waals surface area contributed by atoms with E-state index in [0.29, 0.717) is 13.1 Å². The van der Waals surface area contributed by atoms with Gasteiger partial charge < -0.3 is 10.6 Å². The molecule has 17 heavy (non-hydrogen) atoms. The van der Waals surface area contributed by atoms with Crippen molar-refractivity contribution in [2.24, 2.45) is 0 Å². The number of aromatic nitrogens is 2. The lowest BCUT2D eigenvalue weighted by molar-refractivity contribution is 0.347. The Labute approximate surface area is 101 Å². The lowest BCUT2D eigenvalue weighted by atomic mass is 10.4. The van der Waals surface area contributed by atoms with Gasteiger partial charge in [-0.2, -0.15) is 9.40 Å². The van der Waals surface area contributed by atoms with E-state index < -0.39 is 10.0 Å². The Kier molecular flexibility index (Phi) is 3.36. The first-order valence-electron chi connectivity index (χ1n) is 5.49. The summed E-state index contributed by atoms with van der Waals surface area (Å²) in [6.07, 6.45) is 2.09. The molecule has 0 atom stereocenters. The molecule has 0 radical (unpaired) electrons. The molecule has 8 heteroatoms. The van der Waals surface area contributed by atoms with E-state index in [1.54, 1.807) is 0 Å². The molecular formula is C9H17N5O2S. The van der Waals surface area contributed by atoms with Crippen LogP contribution in [0.3, 0.4) is 0 Å². The van der Waals surface area contributed by atoms with Crippen molar-refractivity contribution in [3.8, 4) is 0 Å². The summed E-state index contributed by atoms with van der Waals surface area (Å²) in [5.41, 5.74) is 5.57. The molecule has 7 nitrogen and oxygen atoms in total. The zero-order valence-electron chi connectivity index (χ0n) is 9.76. The van der Waals surface area contributed by atoms with E-state index in [4.69, 9.17) is 5.73 Å². The van der Waals surface area contributed by atoms with Gasteiger partial charge in [-0.05, 0) is 20.0 Å². The van der Waals surface area contributed by atoms with Gasteiger partial charge in [-0.25, -0.2) is 8.42 Å². The summed E-state index contributed by atoms with van der Waals surface area (Å²) < 4.78 is 26.1. The van der Waals surface area contributed by atoms with Gasteiger partial charge in [0, 0.05) is 19.6 Å². The summed E-state index contributed by atoms with van der Waals surface area (Å²) >= 11 is 0. The molecule has 0 aromatic carbocycles. The number of anilines is 1. The number of nitrogens with two attached hydrogens (primary N) is 1. The van der Waals surface area contributed by atoms with Gasteiger partial charge in [-0.3, -0.25) is 5.10 Å². The highest BCUT2D eigenvalue weighted by atomic mass is 32.2. The number of likely N-dealkylation sites (N-methyl/N-ethyl adjacent to an activating group) is 1. The Hall–Kier alpha value is -1.12. The molecule has 0 unspecified atom stereocenters. The van der Waals surface area contributed by atoms with Crippen LogP contribution in [0, 0.1) is 0 Å². The van der Waals surface area contributed by atoms with Gasteiger partial charge in [-0.1, -0.05) is 0 Å². The predicted molar refractivity (Wildman–Crippen MR) is 63.9 cm³/mol. The van der Waals surface area contributed by atoms with Crippen molar-refractivity contribution >= 4 is 15.8 Å². The molecule has 0 bridgehead atoms. The normalized spacial score (nSPS) is 20.3. The van der Waals surface area contributed by atoms with Crippen LogP contribution in [0.1, 0.15) is 6.42 Å². The standard InChI is InChI=1S/C9H17N5O2S/c1-13-3-2-4-14(6-5-13)17(15,16)8-7-11-12-9(8)10/h7H,2-6H2,1H3,(H3,10,11,12). The van der Waals surface area contributed by atoms with Crippen molar-refractivity contribution in [3.05, 3.63) is 6.20 Å². The first-order chi connectivity index (χ1) is 8.01. The number of H-pyrrole nitrogens is 1. The Bertz CT molecular complexity index is 483. The lowest BCUT2D eigenvalue weighted by Gasteiger charge is -2.19. The van der Waals surface area contributed by atoms with Crippen molar-refractivity contribution in [1.82, 2.24) is 19.4 Å². The molecule has 1 aromatic heterocycles. The molecule has 1 aliphatic rings. The summed E-state index contributed by atoms with van der Waals surface area (Å²) in [5.74, 6) is 0.0996. The highest BCUT2D eigenvalue weighted by Gasteiger charge is 2.28. The molecule has 3 N–H and O–H groups in total. The molecule has 1 saturated heterocycles. The van der Waals surface area contributed by atoms with E-state index in [9.17, 15) is 8.42 Å². The second-order valence-corrected chi connectivity index (χ2v) is 6.12. The first kappa shape index (κ1) is 12.3. The van der Waals surface area contributed by atoms with Crippen molar-refractivity contribution in [1.29, 1.82) is 0 Å². The number of sulfonamides is 1. The zero-order chi connectivity index (χ0) is 12.5. The lowest BCUT2D eigenvalue weighted by Crippen LogP contribution is -2.34. The number of nitrogens with one attached hydrogen (secondary N) is 1. The highest BCUT2D eigenvalue weighted by Crippen LogP contribution is 2.20. The van der Waals surface area contributed by atoms with Crippen LogP contribution in [-0.4, -0.2) is 61.0 Å². The molecule has 1 aromatic rings. The van der Waals surface area contributed by atoms with Crippen LogP contribution in [0.4, 0.5) is 5.82 Å². The van der Waals surface area contributed by atoms with Crippen molar-refractivity contribution < 1.29 is 8.42 Å². The Morgan fingerprint density at radius 3 is 2.76 bits per heavy atom. The maximum Gasteiger partial charge on any atom is 0.248 e. The van der Waals surface area contributed by atoms with Gasteiger partial charge in [-0.15, -0.1) is 0 Å². The number of nitrogen functional groups attached to an aromatic ring is 1. The van der Waals surface area contributed by atoms with E-state index in [1.807, 2.05) is 7.05 Å². The average Bonchev–Trinajstić information content (AvgIpc) is 2.57. The molecule has 96 valence electrons. The fourth-order valence-electron chi connectivity index (χ4n) is 1.89. The number of nitrogens with zero attached hydrogens (tertiary/aromatic N) is 3. The van der Waals surface area contributed by atoms with Crippen LogP contribution in [0.2, 0.25) is 0 Å². The average molecular weight is 259 g/mol. The topological polar surface area (TPSA) is 95.3 Å². The minimum Gasteiger partial charge on any atom is -0.383 e. The zero-order valence-corrected chi connectivity index (χ0v) is 10.6. The Morgan fingerprint density at radius 1 is 1.35 bits per heavy atom. The fourth-order valence-corrected chi connectivity index (χ4v) is 3.37. The molecule has 1 aliphatic heterocycles. The quantitative estimate of drug-likeness (QED) is 0.733. The van der Waals surface area contributed by atoms with Crippen LogP contribution in [0.25, 0.3) is 0 Å². The van der Waals surface area contributed by atoms with E-state index in [2.05, 4.69) is 15.1 Å². The van der Waals surface area contributed by atoms with Gasteiger partial charge >= 0.3 is 0 Å².